The molecule has 3 aromatic rings. The molecule has 6 rings (SSSR count). The zero-order valence-corrected chi connectivity index (χ0v) is 18.2. The second kappa shape index (κ2) is 6.78. The maximum absolute atomic E-state index is 14.0. The first kappa shape index (κ1) is 19.7. The molecular weight excluding hydrogens is 416 g/mol. The Morgan fingerprint density at radius 1 is 1.09 bits per heavy atom. The summed E-state index contributed by atoms with van der Waals surface area (Å²) in [5.74, 6) is -1.58. The quantitative estimate of drug-likeness (QED) is 0.622. The van der Waals surface area contributed by atoms with Crippen molar-refractivity contribution in [3.8, 4) is 0 Å². The lowest BCUT2D eigenvalue weighted by molar-refractivity contribution is -0.122. The molecular formula is C27H22N2O4. The van der Waals surface area contributed by atoms with Gasteiger partial charge in [-0.3, -0.25) is 14.4 Å². The molecule has 33 heavy (non-hydrogen) atoms. The maximum Gasteiger partial charge on any atom is 0.238 e. The number of benzene rings is 2. The monoisotopic (exact) mass is 438 g/mol. The van der Waals surface area contributed by atoms with E-state index in [0.717, 1.165) is 22.4 Å². The van der Waals surface area contributed by atoms with E-state index < -0.39 is 23.4 Å². The average molecular weight is 438 g/mol. The molecule has 0 saturated carbocycles. The molecule has 2 aromatic carbocycles. The molecule has 0 bridgehead atoms. The molecule has 3 aliphatic heterocycles. The summed E-state index contributed by atoms with van der Waals surface area (Å²) in [5.41, 5.74) is 3.05. The van der Waals surface area contributed by atoms with Crippen LogP contribution in [0.2, 0.25) is 0 Å². The van der Waals surface area contributed by atoms with Crippen LogP contribution in [0.5, 0.6) is 0 Å². The van der Waals surface area contributed by atoms with Crippen molar-refractivity contribution in [2.24, 2.45) is 5.92 Å². The van der Waals surface area contributed by atoms with Gasteiger partial charge in [-0.1, -0.05) is 42.0 Å². The number of amides is 1. The number of carbonyl (C=O) groups excluding carboxylic acids is 3. The Morgan fingerprint density at radius 3 is 2.67 bits per heavy atom. The minimum absolute atomic E-state index is 0.149. The fourth-order valence-corrected chi connectivity index (χ4v) is 6.02. The third kappa shape index (κ3) is 2.46. The van der Waals surface area contributed by atoms with Crippen LogP contribution in [0.3, 0.4) is 0 Å². The highest BCUT2D eigenvalue weighted by atomic mass is 16.3. The summed E-state index contributed by atoms with van der Waals surface area (Å²) in [7, 11) is 0. The summed E-state index contributed by atoms with van der Waals surface area (Å²) >= 11 is 0. The van der Waals surface area contributed by atoms with E-state index in [2.05, 4.69) is 11.4 Å². The van der Waals surface area contributed by atoms with Gasteiger partial charge in [-0.25, -0.2) is 0 Å². The van der Waals surface area contributed by atoms with Crippen LogP contribution in [0, 0.1) is 12.8 Å². The van der Waals surface area contributed by atoms with Crippen molar-refractivity contribution in [3.05, 3.63) is 89.4 Å². The van der Waals surface area contributed by atoms with Gasteiger partial charge in [-0.2, -0.15) is 0 Å². The summed E-state index contributed by atoms with van der Waals surface area (Å²) in [4.78, 5) is 43.1. The second-order valence-electron chi connectivity index (χ2n) is 9.02. The van der Waals surface area contributed by atoms with E-state index >= 15 is 0 Å². The SMILES string of the molecule is CC(=O)[C@@H]1[C@@H](C(=O)c2ccco2)[C@@]2(C(=O)Nc3ccccc32)[C@@H]2C=Cc3cc(C)ccc3N12. The van der Waals surface area contributed by atoms with Gasteiger partial charge in [0.05, 0.1) is 24.3 Å². The fraction of sp³-hybridized carbons (Fsp3) is 0.222. The zero-order valence-electron chi connectivity index (χ0n) is 18.2. The summed E-state index contributed by atoms with van der Waals surface area (Å²) < 4.78 is 5.47. The number of carbonyl (C=O) groups is 3. The van der Waals surface area contributed by atoms with E-state index in [4.69, 9.17) is 4.42 Å². The Balaban J connectivity index is 1.67. The Hall–Kier alpha value is -3.93. The molecule has 6 nitrogen and oxygen atoms in total. The lowest BCUT2D eigenvalue weighted by Gasteiger charge is -2.37. The lowest BCUT2D eigenvalue weighted by Crippen LogP contribution is -2.51. The van der Waals surface area contributed by atoms with E-state index in [1.165, 1.54) is 13.2 Å². The van der Waals surface area contributed by atoms with Gasteiger partial charge in [0.15, 0.2) is 11.5 Å². The Kier molecular flexibility index (Phi) is 4.06. The van der Waals surface area contributed by atoms with E-state index in [1.54, 1.807) is 12.1 Å². The highest BCUT2D eigenvalue weighted by molar-refractivity contribution is 6.16. The van der Waals surface area contributed by atoms with Crippen LogP contribution in [0.4, 0.5) is 11.4 Å². The number of nitrogens with zero attached hydrogens (tertiary/aromatic N) is 1. The van der Waals surface area contributed by atoms with Crippen LogP contribution >= 0.6 is 0 Å². The van der Waals surface area contributed by atoms with Crippen LogP contribution in [-0.4, -0.2) is 29.6 Å². The molecule has 0 radical (unpaired) electrons. The van der Waals surface area contributed by atoms with Gasteiger partial charge in [-0.15, -0.1) is 0 Å². The summed E-state index contributed by atoms with van der Waals surface area (Å²) in [5, 5.41) is 2.99. The largest absolute Gasteiger partial charge is 0.461 e. The highest BCUT2D eigenvalue weighted by Crippen LogP contribution is 2.57. The molecule has 4 atom stereocenters. The van der Waals surface area contributed by atoms with Crippen LogP contribution in [-0.2, 0) is 15.0 Å². The topological polar surface area (TPSA) is 79.6 Å². The Morgan fingerprint density at radius 2 is 1.91 bits per heavy atom. The minimum atomic E-state index is -1.27. The minimum Gasteiger partial charge on any atom is -0.461 e. The number of furan rings is 1. The van der Waals surface area contributed by atoms with E-state index in [9.17, 15) is 14.4 Å². The predicted molar refractivity (Wildman–Crippen MR) is 124 cm³/mol. The number of fused-ring (bicyclic) bond motifs is 6. The average Bonchev–Trinajstić information content (AvgIpc) is 3.50. The van der Waals surface area contributed by atoms with Crippen molar-refractivity contribution in [1.82, 2.24) is 0 Å². The van der Waals surface area contributed by atoms with Crippen molar-refractivity contribution in [2.75, 3.05) is 10.2 Å². The third-order valence-corrected chi connectivity index (χ3v) is 7.25. The molecule has 1 spiro atoms. The molecule has 1 N–H and O–H groups in total. The molecule has 6 heteroatoms. The summed E-state index contributed by atoms with van der Waals surface area (Å²) in [6.45, 7) is 3.51. The Labute approximate surface area is 190 Å². The van der Waals surface area contributed by atoms with Crippen molar-refractivity contribution in [1.29, 1.82) is 0 Å². The third-order valence-electron chi connectivity index (χ3n) is 7.25. The number of hydrogen-bond acceptors (Lipinski definition) is 5. The molecule has 0 aliphatic carbocycles. The molecule has 3 aliphatic rings. The molecule has 4 heterocycles. The highest BCUT2D eigenvalue weighted by Gasteiger charge is 2.70. The first-order valence-electron chi connectivity index (χ1n) is 11.0. The first-order chi connectivity index (χ1) is 15.9. The number of para-hydroxylation sites is 1. The van der Waals surface area contributed by atoms with Gasteiger partial charge in [-0.05, 0) is 55.3 Å². The number of rotatable bonds is 3. The fourth-order valence-electron chi connectivity index (χ4n) is 6.02. The van der Waals surface area contributed by atoms with E-state index in [-0.39, 0.29) is 23.2 Å². The Bertz CT molecular complexity index is 1360. The number of aryl methyl sites for hydroxylation is 1. The van der Waals surface area contributed by atoms with Gasteiger partial charge in [0.25, 0.3) is 0 Å². The molecule has 1 fully saturated rings. The number of Topliss-reactive ketones (excluding diaryl/α,β-unsaturated/α-hetero) is 2. The van der Waals surface area contributed by atoms with Gasteiger partial charge in [0.2, 0.25) is 11.7 Å². The molecule has 1 aromatic heterocycles. The first-order valence-corrected chi connectivity index (χ1v) is 11.0. The smallest absolute Gasteiger partial charge is 0.238 e. The van der Waals surface area contributed by atoms with Crippen molar-refractivity contribution < 1.29 is 18.8 Å². The molecule has 1 saturated heterocycles. The van der Waals surface area contributed by atoms with Gasteiger partial charge in [0.1, 0.15) is 5.41 Å². The number of nitrogens with one attached hydrogen (secondary N) is 1. The van der Waals surface area contributed by atoms with Crippen LogP contribution < -0.4 is 10.2 Å². The van der Waals surface area contributed by atoms with Crippen molar-refractivity contribution in [3.63, 3.8) is 0 Å². The van der Waals surface area contributed by atoms with Gasteiger partial charge < -0.3 is 14.6 Å². The van der Waals surface area contributed by atoms with Crippen molar-refractivity contribution >= 4 is 34.9 Å². The molecule has 0 unspecified atom stereocenters. The van der Waals surface area contributed by atoms with Crippen LogP contribution in [0.25, 0.3) is 6.08 Å². The van der Waals surface area contributed by atoms with Crippen LogP contribution in [0.15, 0.2) is 71.4 Å². The summed E-state index contributed by atoms with van der Waals surface area (Å²) in [6, 6.07) is 15.4. The predicted octanol–water partition coefficient (Wildman–Crippen LogP) is 4.15. The number of ketones is 2. The standard InChI is InChI=1S/C27H22N2O4/c1-15-9-11-20-17(14-15)10-12-22-27(18-6-3-4-7-19(18)28-26(27)32)23(24(16(2)30)29(20)22)25(31)21-8-5-13-33-21/h3-14,22-24H,1-2H3,(H,28,32)/t22-,23-,24+,27-/m0/s1. The molecule has 164 valence electrons. The zero-order chi connectivity index (χ0) is 22.9. The van der Waals surface area contributed by atoms with Gasteiger partial charge in [0, 0.05) is 11.4 Å². The maximum atomic E-state index is 14.0. The summed E-state index contributed by atoms with van der Waals surface area (Å²) in [6.07, 6.45) is 5.40. The number of hydrogen-bond donors (Lipinski definition) is 1. The van der Waals surface area contributed by atoms with Gasteiger partial charge >= 0.3 is 0 Å². The van der Waals surface area contributed by atoms with E-state index in [0.29, 0.717) is 5.69 Å². The lowest BCUT2D eigenvalue weighted by atomic mass is 9.64. The second-order valence-corrected chi connectivity index (χ2v) is 9.02. The molecule has 1 amide bonds. The van der Waals surface area contributed by atoms with Crippen molar-refractivity contribution in [2.45, 2.75) is 31.3 Å². The normalized spacial score (nSPS) is 26.7. The number of anilines is 2. The van der Waals surface area contributed by atoms with Crippen LogP contribution in [0.1, 0.15) is 34.2 Å². The van der Waals surface area contributed by atoms with E-state index in [1.807, 2.05) is 60.4 Å².